The number of para-hydroxylation sites is 3. The minimum Gasteiger partial charge on any atom is -0.497 e. The van der Waals surface area contributed by atoms with Crippen LogP contribution in [0, 0.1) is 18.8 Å². The Labute approximate surface area is 547 Å². The number of amides is 1. The first-order valence-electron chi connectivity index (χ1n) is 30.0. The van der Waals surface area contributed by atoms with E-state index in [2.05, 4.69) is 20.0 Å². The Hall–Kier alpha value is -8.83. The van der Waals surface area contributed by atoms with Crippen LogP contribution in [-0.4, -0.2) is 133 Å². The number of carbonyl (C=O) groups excluding carboxylic acids is 8. The Morgan fingerprint density at radius 2 is 1.00 bits per heavy atom. The summed E-state index contributed by atoms with van der Waals surface area (Å²) in [6.07, 6.45) is 1.01. The number of carbonyl (C=O) groups is 8. The molecule has 0 radical (unpaired) electrons. The van der Waals surface area contributed by atoms with Crippen molar-refractivity contribution in [3.05, 3.63) is 200 Å². The molecule has 7 aromatic carbocycles. The molecule has 7 aromatic rings. The average molecular weight is 1290 g/mol. The van der Waals surface area contributed by atoms with Crippen molar-refractivity contribution >= 4 is 121 Å². The van der Waals surface area contributed by atoms with Gasteiger partial charge >= 0.3 is 0 Å². The number of likely N-dealkylation sites (N-methyl/N-ethyl adjacent to an activating group) is 2. The van der Waals surface area contributed by atoms with Gasteiger partial charge in [0.15, 0.2) is 40.2 Å². The third-order valence-electron chi connectivity index (χ3n) is 16.8. The maximum absolute atomic E-state index is 11.9. The third-order valence-corrected chi connectivity index (χ3v) is 17.8. The van der Waals surface area contributed by atoms with Crippen LogP contribution in [0.15, 0.2) is 146 Å². The Kier molecular flexibility index (Phi) is 22.3. The van der Waals surface area contributed by atoms with E-state index in [1.165, 1.54) is 6.92 Å². The van der Waals surface area contributed by atoms with Gasteiger partial charge in [-0.2, -0.15) is 0 Å². The van der Waals surface area contributed by atoms with Gasteiger partial charge in [0.1, 0.15) is 5.75 Å². The molecule has 0 fully saturated rings. The molecule has 4 atom stereocenters. The number of nitrogens with zero attached hydrogens (tertiary/aromatic N) is 6. The summed E-state index contributed by atoms with van der Waals surface area (Å²) in [5.74, 6) is 2.12. The third kappa shape index (κ3) is 15.5. The molecule has 0 aromatic heterocycles. The molecule has 7 aliphatic heterocycles. The van der Waals surface area contributed by atoms with Crippen LogP contribution in [0.1, 0.15) is 119 Å². The smallest absolute Gasteiger partial charge is 0.223 e. The summed E-state index contributed by atoms with van der Waals surface area (Å²) in [6, 6.07) is 44.8. The quantitative estimate of drug-likeness (QED) is 0.121. The molecule has 14 rings (SSSR count). The van der Waals surface area contributed by atoms with E-state index in [0.29, 0.717) is 41.5 Å². The number of hydrogen-bond acceptors (Lipinski definition) is 15. The lowest BCUT2D eigenvalue weighted by Crippen LogP contribution is -2.35. The fourth-order valence-electron chi connectivity index (χ4n) is 11.6. The summed E-state index contributed by atoms with van der Waals surface area (Å²) in [5.41, 5.74) is 12.6. The van der Waals surface area contributed by atoms with Gasteiger partial charge in [-0.25, -0.2) is 0 Å². The zero-order valence-corrected chi connectivity index (χ0v) is 55.4. The zero-order valence-electron chi connectivity index (χ0n) is 53.1. The SMILES string of the molecule is CC(=O)N1CCC(=O)c2ccccc21.CC1CN(C)c2cc(Cl)ccc2C1=O.CN1CCC(=O)c2cc(Cl)ccc21.CN1c2ccccc2C(=O)C1Cl.COc1ccc2c(c1)N(C)CC(C)C2=O.Cc1ccc2c(c1)C(=O)C(C)N2C.O=C1CNc2ccccc21. The van der Waals surface area contributed by atoms with Crippen molar-refractivity contribution in [2.24, 2.45) is 11.8 Å². The minimum atomic E-state index is -0.526. The number of methoxy groups -OCH3 is 1. The largest absolute Gasteiger partial charge is 0.497 e. The van der Waals surface area contributed by atoms with Gasteiger partial charge in [-0.1, -0.05) is 96.7 Å². The molecular weight excluding hydrogens is 1210 g/mol. The van der Waals surface area contributed by atoms with E-state index in [0.717, 1.165) is 104 Å². The molecule has 1 N–H and O–H groups in total. The van der Waals surface area contributed by atoms with Crippen molar-refractivity contribution in [2.75, 3.05) is 110 Å². The van der Waals surface area contributed by atoms with E-state index in [4.69, 9.17) is 39.5 Å². The van der Waals surface area contributed by atoms with Crippen LogP contribution in [0.3, 0.4) is 0 Å². The van der Waals surface area contributed by atoms with Crippen LogP contribution in [0.25, 0.3) is 0 Å². The lowest BCUT2D eigenvalue weighted by molar-refractivity contribution is -0.116. The minimum absolute atomic E-state index is 0.00296. The molecule has 0 aliphatic carbocycles. The molecule has 474 valence electrons. The highest BCUT2D eigenvalue weighted by Gasteiger charge is 2.34. The van der Waals surface area contributed by atoms with Crippen LogP contribution < -0.4 is 39.5 Å². The Morgan fingerprint density at radius 3 is 1.63 bits per heavy atom. The monoisotopic (exact) mass is 1290 g/mol. The van der Waals surface area contributed by atoms with Gasteiger partial charge in [0, 0.05) is 177 Å². The summed E-state index contributed by atoms with van der Waals surface area (Å²) < 4.78 is 5.15. The molecule has 4 unspecified atom stereocenters. The average Bonchev–Trinajstić information content (AvgIpc) is 1.36. The molecule has 91 heavy (non-hydrogen) atoms. The van der Waals surface area contributed by atoms with Gasteiger partial charge in [0.05, 0.1) is 31.1 Å². The molecule has 0 saturated heterocycles. The number of ketones is 7. The molecular formula is C72H76Cl3N7O9. The van der Waals surface area contributed by atoms with Gasteiger partial charge in [-0.3, -0.25) is 38.4 Å². The maximum Gasteiger partial charge on any atom is 0.223 e. The van der Waals surface area contributed by atoms with Crippen LogP contribution in [-0.2, 0) is 4.79 Å². The second-order valence-electron chi connectivity index (χ2n) is 23.3. The number of anilines is 7. The fraction of sp³-hybridized carbons (Fsp3) is 0.306. The topological polar surface area (TPSA) is 177 Å². The number of benzene rings is 7. The molecule has 7 aliphatic rings. The molecule has 19 heteroatoms. The summed E-state index contributed by atoms with van der Waals surface area (Å²) in [4.78, 5) is 104. The summed E-state index contributed by atoms with van der Waals surface area (Å²) in [7, 11) is 11.4. The van der Waals surface area contributed by atoms with Gasteiger partial charge in [-0.05, 0) is 111 Å². The fourth-order valence-corrected chi connectivity index (χ4v) is 12.1. The molecule has 1 amide bonds. The molecule has 0 spiro atoms. The number of halogens is 3. The van der Waals surface area contributed by atoms with Crippen LogP contribution >= 0.6 is 34.8 Å². The van der Waals surface area contributed by atoms with Gasteiger partial charge in [-0.15, -0.1) is 0 Å². The predicted octanol–water partition coefficient (Wildman–Crippen LogP) is 13.8. The molecule has 16 nitrogen and oxygen atoms in total. The van der Waals surface area contributed by atoms with Crippen LogP contribution in [0.4, 0.5) is 39.8 Å². The van der Waals surface area contributed by atoms with Crippen molar-refractivity contribution in [3.8, 4) is 5.75 Å². The Morgan fingerprint density at radius 1 is 0.484 bits per heavy atom. The molecule has 0 saturated carbocycles. The number of ether oxygens (including phenoxy) is 1. The van der Waals surface area contributed by atoms with E-state index < -0.39 is 5.50 Å². The van der Waals surface area contributed by atoms with Crippen molar-refractivity contribution in [1.82, 2.24) is 0 Å². The number of rotatable bonds is 1. The van der Waals surface area contributed by atoms with Crippen LogP contribution in [0.5, 0.6) is 5.75 Å². The Balaban J connectivity index is 0.000000137. The lowest BCUT2D eigenvalue weighted by atomic mass is 9.93. The number of alkyl halides is 1. The van der Waals surface area contributed by atoms with Crippen molar-refractivity contribution in [1.29, 1.82) is 0 Å². The summed E-state index contributed by atoms with van der Waals surface area (Å²) in [6.45, 7) is 12.7. The number of fused-ring (bicyclic) bond motifs is 7. The molecule has 7 heterocycles. The van der Waals surface area contributed by atoms with E-state index in [1.54, 1.807) is 41.2 Å². The standard InChI is InChI=1S/C12H15NO2.C11H12ClNO.C11H11NO2.C11H13NO.C10H10ClNO.C9H8ClNO.C8H7NO/c1-8-7-13(2)11-6-9(15-3)4-5-10(11)12(8)14;1-7-6-13(2)10-5-8(12)3-4-9(10)11(7)14;1-8(13)12-7-6-11(14)9-4-2-3-5-10(9)12;1-7-4-5-10-9(6-7)11(13)8(2)12(10)3;1-12-5-4-10(13)8-6-7(11)2-3-9(8)12;1-11-7-5-3-2-4-6(7)8(12)9(11)10;10-8-5-9-7-4-2-1-3-6(7)8/h4-6,8H,7H2,1-3H3;3-5,7H,6H2,1-2H3;2-5H,6-7H2,1H3;4-6,8H,1-3H3;2-3,6H,4-5H2,1H3;2-5,9H,1H3;1-4,9H,5H2. The second kappa shape index (κ2) is 29.9. The first-order chi connectivity index (χ1) is 43.3. The summed E-state index contributed by atoms with van der Waals surface area (Å²) >= 11 is 17.6. The van der Waals surface area contributed by atoms with Gasteiger partial charge < -0.3 is 39.5 Å². The van der Waals surface area contributed by atoms with Crippen molar-refractivity contribution in [3.63, 3.8) is 0 Å². The number of nitrogens with one attached hydrogen (secondary N) is 1. The summed E-state index contributed by atoms with van der Waals surface area (Å²) in [5, 5.41) is 4.31. The highest BCUT2D eigenvalue weighted by molar-refractivity contribution is 6.38. The number of Topliss-reactive ketones (excluding diaryl/α,β-unsaturated/α-hetero) is 7. The van der Waals surface area contributed by atoms with Crippen molar-refractivity contribution in [2.45, 2.75) is 59.0 Å². The second-order valence-corrected chi connectivity index (χ2v) is 24.6. The van der Waals surface area contributed by atoms with Crippen molar-refractivity contribution < 1.29 is 43.1 Å². The predicted molar refractivity (Wildman–Crippen MR) is 367 cm³/mol. The van der Waals surface area contributed by atoms with Crippen LogP contribution in [0.2, 0.25) is 10.0 Å². The number of aryl methyl sites for hydroxylation is 1. The van der Waals surface area contributed by atoms with Gasteiger partial charge in [0.2, 0.25) is 11.7 Å². The van der Waals surface area contributed by atoms with Gasteiger partial charge in [0.25, 0.3) is 0 Å². The highest BCUT2D eigenvalue weighted by Crippen LogP contribution is 2.36. The van der Waals surface area contributed by atoms with E-state index >= 15 is 0 Å². The first-order valence-corrected chi connectivity index (χ1v) is 31.2. The molecule has 0 bridgehead atoms. The maximum atomic E-state index is 11.9. The first kappa shape index (κ1) is 68.1. The van der Waals surface area contributed by atoms with E-state index in [1.807, 2.05) is 189 Å². The Bertz CT molecular complexity index is 3950. The normalized spacial score (nSPS) is 18.5. The van der Waals surface area contributed by atoms with E-state index in [9.17, 15) is 38.4 Å². The number of hydrogen-bond donors (Lipinski definition) is 1. The zero-order chi connectivity index (χ0) is 66.1. The van der Waals surface area contributed by atoms with E-state index in [-0.39, 0.29) is 64.3 Å². The highest BCUT2D eigenvalue weighted by atomic mass is 35.5. The lowest BCUT2D eigenvalue weighted by Gasteiger charge is -2.30.